The van der Waals surface area contributed by atoms with Crippen molar-refractivity contribution in [2.45, 2.75) is 277 Å². The Kier molecular flexibility index (Phi) is 56.4. The van der Waals surface area contributed by atoms with Crippen molar-refractivity contribution in [2.24, 2.45) is 0 Å². The van der Waals surface area contributed by atoms with E-state index in [-0.39, 0.29) is 31.1 Å². The Bertz CT molecular complexity index is 1470. The summed E-state index contributed by atoms with van der Waals surface area (Å²) in [4.78, 5) is 38.1. The third-order valence-corrected chi connectivity index (χ3v) is 12.5. The zero-order chi connectivity index (χ0) is 52.2. The average Bonchev–Trinajstić information content (AvgIpc) is 3.38. The van der Waals surface area contributed by atoms with E-state index in [1.807, 2.05) is 0 Å². The molecule has 0 aromatic rings. The fourth-order valence-corrected chi connectivity index (χ4v) is 8.01. The molecule has 0 radical (unpaired) electrons. The third-order valence-electron chi connectivity index (χ3n) is 12.5. The summed E-state index contributed by atoms with van der Waals surface area (Å²) in [5.41, 5.74) is 0. The Morgan fingerprint density at radius 1 is 0.292 bits per heavy atom. The molecule has 0 bridgehead atoms. The summed E-state index contributed by atoms with van der Waals surface area (Å²) in [5, 5.41) is 0. The Labute approximate surface area is 444 Å². The maximum atomic E-state index is 12.8. The predicted molar refractivity (Wildman–Crippen MR) is 311 cm³/mol. The number of ether oxygens (including phenoxy) is 3. The number of carbonyl (C=O) groups is 3. The highest BCUT2D eigenvalue weighted by atomic mass is 16.6. The van der Waals surface area contributed by atoms with E-state index in [9.17, 15) is 14.4 Å². The topological polar surface area (TPSA) is 78.9 Å². The minimum absolute atomic E-state index is 0.0892. The molecule has 0 amide bonds. The number of hydrogen-bond donors (Lipinski definition) is 0. The zero-order valence-corrected chi connectivity index (χ0v) is 46.9. The van der Waals surface area contributed by atoms with Crippen molar-refractivity contribution in [2.75, 3.05) is 13.2 Å². The molecular weight excluding hydrogens is 889 g/mol. The lowest BCUT2D eigenvalue weighted by Gasteiger charge is -2.18. The molecule has 1 unspecified atom stereocenters. The first-order chi connectivity index (χ1) is 35.5. The fraction of sp³-hybridized carbons (Fsp3) is 0.682. The monoisotopic (exact) mass is 999 g/mol. The summed E-state index contributed by atoms with van der Waals surface area (Å²) in [7, 11) is 0. The van der Waals surface area contributed by atoms with Gasteiger partial charge in [0.25, 0.3) is 0 Å². The SMILES string of the molecule is CC/C=C\C/C=C\C/C=C\C/C=C\C/C=C\C/C=C\CCCCCCCCCCCCC(=O)OCC(COC(=O)CCCCCCC/C=C\CCC)OC(=O)CCCCCCC/C=C\C/C=C\CCCCC. The Morgan fingerprint density at radius 3 is 0.917 bits per heavy atom. The smallest absolute Gasteiger partial charge is 0.306 e. The van der Waals surface area contributed by atoms with Crippen LogP contribution in [0.4, 0.5) is 0 Å². The van der Waals surface area contributed by atoms with Crippen LogP contribution in [0.2, 0.25) is 0 Å². The van der Waals surface area contributed by atoms with E-state index in [1.165, 1.54) is 89.9 Å². The van der Waals surface area contributed by atoms with Gasteiger partial charge in [-0.25, -0.2) is 0 Å². The average molecular weight is 1000 g/mol. The molecule has 0 fully saturated rings. The van der Waals surface area contributed by atoms with Gasteiger partial charge in [-0.1, -0.05) is 239 Å². The molecule has 1 atom stereocenters. The van der Waals surface area contributed by atoms with Crippen LogP contribution < -0.4 is 0 Å². The maximum Gasteiger partial charge on any atom is 0.306 e. The molecule has 0 aromatic carbocycles. The highest BCUT2D eigenvalue weighted by Gasteiger charge is 2.19. The molecule has 6 heteroatoms. The second-order valence-electron chi connectivity index (χ2n) is 19.5. The van der Waals surface area contributed by atoms with Crippen LogP contribution >= 0.6 is 0 Å². The molecule has 0 aliphatic carbocycles. The molecule has 0 saturated carbocycles. The second-order valence-corrected chi connectivity index (χ2v) is 19.5. The van der Waals surface area contributed by atoms with E-state index in [4.69, 9.17) is 14.2 Å². The molecule has 0 rings (SSSR count). The van der Waals surface area contributed by atoms with Crippen LogP contribution in [0, 0.1) is 0 Å². The van der Waals surface area contributed by atoms with E-state index in [2.05, 4.69) is 130 Å². The third kappa shape index (κ3) is 57.0. The van der Waals surface area contributed by atoms with Crippen LogP contribution in [0.15, 0.2) is 109 Å². The molecule has 410 valence electrons. The molecule has 0 aromatic heterocycles. The molecule has 0 aliphatic heterocycles. The van der Waals surface area contributed by atoms with Crippen molar-refractivity contribution < 1.29 is 28.6 Å². The van der Waals surface area contributed by atoms with Crippen molar-refractivity contribution in [1.82, 2.24) is 0 Å². The molecule has 0 N–H and O–H groups in total. The number of unbranched alkanes of at least 4 members (excludes halogenated alkanes) is 24. The van der Waals surface area contributed by atoms with Gasteiger partial charge in [0.2, 0.25) is 0 Å². The van der Waals surface area contributed by atoms with E-state index in [0.29, 0.717) is 19.3 Å². The molecular formula is C66H110O6. The minimum Gasteiger partial charge on any atom is -0.462 e. The summed E-state index contributed by atoms with van der Waals surface area (Å²) in [6.45, 7) is 6.42. The van der Waals surface area contributed by atoms with Crippen molar-refractivity contribution in [1.29, 1.82) is 0 Å². The summed E-state index contributed by atoms with van der Waals surface area (Å²) in [6, 6.07) is 0. The minimum atomic E-state index is -0.791. The summed E-state index contributed by atoms with van der Waals surface area (Å²) >= 11 is 0. The van der Waals surface area contributed by atoms with Crippen LogP contribution in [-0.2, 0) is 28.6 Å². The van der Waals surface area contributed by atoms with Gasteiger partial charge in [-0.3, -0.25) is 14.4 Å². The highest BCUT2D eigenvalue weighted by molar-refractivity contribution is 5.71. The van der Waals surface area contributed by atoms with Crippen molar-refractivity contribution in [3.05, 3.63) is 109 Å². The first-order valence-electron chi connectivity index (χ1n) is 29.9. The number of rotatable bonds is 53. The van der Waals surface area contributed by atoms with Crippen LogP contribution in [0.5, 0.6) is 0 Å². The molecule has 6 nitrogen and oxygen atoms in total. The van der Waals surface area contributed by atoms with Gasteiger partial charge >= 0.3 is 17.9 Å². The van der Waals surface area contributed by atoms with Gasteiger partial charge in [-0.15, -0.1) is 0 Å². The van der Waals surface area contributed by atoms with Gasteiger partial charge in [0.15, 0.2) is 6.10 Å². The summed E-state index contributed by atoms with van der Waals surface area (Å²) in [6.07, 6.45) is 80.9. The van der Waals surface area contributed by atoms with Crippen LogP contribution in [0.1, 0.15) is 271 Å². The Morgan fingerprint density at radius 2 is 0.569 bits per heavy atom. The van der Waals surface area contributed by atoms with Gasteiger partial charge < -0.3 is 14.2 Å². The number of carbonyl (C=O) groups excluding carboxylic acids is 3. The lowest BCUT2D eigenvalue weighted by molar-refractivity contribution is -0.167. The van der Waals surface area contributed by atoms with Crippen molar-refractivity contribution in [3.8, 4) is 0 Å². The summed E-state index contributed by atoms with van der Waals surface area (Å²) in [5.74, 6) is -0.917. The van der Waals surface area contributed by atoms with Crippen molar-refractivity contribution >= 4 is 17.9 Å². The lowest BCUT2D eigenvalue weighted by Crippen LogP contribution is -2.30. The Balaban J connectivity index is 4.24. The van der Waals surface area contributed by atoms with Gasteiger partial charge in [0, 0.05) is 19.3 Å². The largest absolute Gasteiger partial charge is 0.462 e. The zero-order valence-electron chi connectivity index (χ0n) is 46.9. The van der Waals surface area contributed by atoms with Gasteiger partial charge in [0.05, 0.1) is 0 Å². The predicted octanol–water partition coefficient (Wildman–Crippen LogP) is 20.3. The van der Waals surface area contributed by atoms with E-state index in [1.54, 1.807) is 0 Å². The Hall–Kier alpha value is -3.93. The standard InChI is InChI=1S/C66H110O6/c1-4-7-10-13-16-19-22-24-26-27-28-29-30-31-32-33-34-35-36-37-38-39-41-42-44-47-50-53-56-59-65(68)71-62-63(61-70-64(67)58-55-52-49-46-21-18-15-12-9-6-3)72-66(69)60-57-54-51-48-45-43-40-25-23-20-17-14-11-8-5-2/h7,10,12,15-17,19-20,24-26,28-29,31-32,34-35,40,63H,4-6,8-9,11,13-14,18,21-23,27,30,33,36-39,41-62H2,1-3H3/b10-7-,15-12-,19-16-,20-17-,26-24-,29-28-,32-31-,35-34-,40-25-. The molecule has 0 saturated heterocycles. The number of hydrogen-bond acceptors (Lipinski definition) is 6. The number of allylic oxidation sites excluding steroid dienone is 18. The maximum absolute atomic E-state index is 12.8. The van der Waals surface area contributed by atoms with Crippen LogP contribution in [0.3, 0.4) is 0 Å². The van der Waals surface area contributed by atoms with Crippen LogP contribution in [0.25, 0.3) is 0 Å². The molecule has 72 heavy (non-hydrogen) atoms. The first-order valence-corrected chi connectivity index (χ1v) is 29.9. The first kappa shape index (κ1) is 68.1. The van der Waals surface area contributed by atoms with E-state index < -0.39 is 6.10 Å². The van der Waals surface area contributed by atoms with E-state index >= 15 is 0 Å². The quantitative estimate of drug-likeness (QED) is 0.0261. The van der Waals surface area contributed by atoms with Crippen LogP contribution in [-0.4, -0.2) is 37.2 Å². The normalized spacial score (nSPS) is 12.9. The number of esters is 3. The molecule has 0 spiro atoms. The van der Waals surface area contributed by atoms with Crippen molar-refractivity contribution in [3.63, 3.8) is 0 Å². The second kappa shape index (κ2) is 59.6. The van der Waals surface area contributed by atoms with Gasteiger partial charge in [-0.05, 0) is 122 Å². The van der Waals surface area contributed by atoms with Gasteiger partial charge in [-0.2, -0.15) is 0 Å². The summed E-state index contributed by atoms with van der Waals surface area (Å²) < 4.78 is 16.8. The molecule has 0 aliphatic rings. The lowest BCUT2D eigenvalue weighted by atomic mass is 10.1. The molecule has 0 heterocycles. The van der Waals surface area contributed by atoms with E-state index in [0.717, 1.165) is 141 Å². The fourth-order valence-electron chi connectivity index (χ4n) is 8.01. The van der Waals surface area contributed by atoms with Gasteiger partial charge in [0.1, 0.15) is 13.2 Å². The highest BCUT2D eigenvalue weighted by Crippen LogP contribution is 2.15.